The second kappa shape index (κ2) is 12.6. The number of amides is 1. The highest BCUT2D eigenvalue weighted by Crippen LogP contribution is 2.38. The number of hydrogen-bond donors (Lipinski definition) is 1. The van der Waals surface area contributed by atoms with Crippen molar-refractivity contribution in [3.8, 4) is 5.75 Å². The van der Waals surface area contributed by atoms with Gasteiger partial charge in [-0.25, -0.2) is 13.2 Å². The molecule has 0 saturated carbocycles. The minimum atomic E-state index is -5.00. The number of rotatable bonds is 11. The number of halogens is 8. The summed E-state index contributed by atoms with van der Waals surface area (Å²) < 4.78 is 113. The molecule has 0 aliphatic heterocycles. The van der Waals surface area contributed by atoms with Gasteiger partial charge in [0.1, 0.15) is 24.1 Å². The van der Waals surface area contributed by atoms with Crippen LogP contribution in [0.3, 0.4) is 0 Å². The second-order valence-corrected chi connectivity index (χ2v) is 9.45. The molecule has 0 heterocycles. The van der Waals surface area contributed by atoms with E-state index in [1.807, 2.05) is 0 Å². The summed E-state index contributed by atoms with van der Waals surface area (Å²) in [5.41, 5.74) is -2.73. The van der Waals surface area contributed by atoms with Gasteiger partial charge >= 0.3 is 18.6 Å². The molecule has 0 fully saturated rings. The molecule has 1 amide bonds. The zero-order valence-corrected chi connectivity index (χ0v) is 21.9. The van der Waals surface area contributed by atoms with Crippen molar-refractivity contribution in [3.05, 3.63) is 136 Å². The lowest BCUT2D eigenvalue weighted by molar-refractivity contribution is -0.253. The van der Waals surface area contributed by atoms with Crippen molar-refractivity contribution in [1.82, 2.24) is 5.32 Å². The first kappa shape index (κ1) is 31.2. The summed E-state index contributed by atoms with van der Waals surface area (Å²) in [6.07, 6.45) is -9.51. The highest BCUT2D eigenvalue weighted by Gasteiger charge is 2.45. The van der Waals surface area contributed by atoms with E-state index < -0.39 is 59.6 Å². The van der Waals surface area contributed by atoms with Gasteiger partial charge in [-0.15, -0.1) is 0 Å². The molecule has 0 aliphatic carbocycles. The number of benzene rings is 4. The fraction of sp³-hybridized carbons (Fsp3) is 0.161. The Morgan fingerprint density at radius 2 is 1.47 bits per heavy atom. The van der Waals surface area contributed by atoms with Crippen molar-refractivity contribution in [1.29, 1.82) is 0 Å². The van der Waals surface area contributed by atoms with Gasteiger partial charge in [0.25, 0.3) is 5.91 Å². The van der Waals surface area contributed by atoms with E-state index in [9.17, 15) is 44.7 Å². The molecular formula is C31H21F8NO3. The van der Waals surface area contributed by atoms with E-state index >= 15 is 0 Å². The zero-order valence-electron chi connectivity index (χ0n) is 21.9. The minimum Gasteiger partial charge on any atom is -0.428 e. The molecule has 0 radical (unpaired) electrons. The predicted molar refractivity (Wildman–Crippen MR) is 139 cm³/mol. The molecule has 4 aromatic rings. The molecule has 4 nitrogen and oxygen atoms in total. The SMILES string of the molecule is O=C(F)c1ccc([C@@](Cc2ccccc2)(NC(=O)c2ccc(F)c(CF)c2)c2cc(F)cc(OC(F)(F)C(F)F)c2)cc1. The minimum absolute atomic E-state index is 0.0692. The summed E-state index contributed by atoms with van der Waals surface area (Å²) in [6.45, 7) is -1.25. The molecule has 43 heavy (non-hydrogen) atoms. The van der Waals surface area contributed by atoms with Crippen molar-refractivity contribution in [2.75, 3.05) is 0 Å². The second-order valence-electron chi connectivity index (χ2n) is 9.45. The fourth-order valence-corrected chi connectivity index (χ4v) is 4.50. The van der Waals surface area contributed by atoms with Gasteiger partial charge in [0, 0.05) is 23.6 Å². The summed E-state index contributed by atoms with van der Waals surface area (Å²) in [6, 6.07) is 15.8. The predicted octanol–water partition coefficient (Wildman–Crippen LogP) is 7.70. The van der Waals surface area contributed by atoms with Crippen LogP contribution in [0, 0.1) is 11.6 Å². The fourth-order valence-electron chi connectivity index (χ4n) is 4.50. The van der Waals surface area contributed by atoms with E-state index in [-0.39, 0.29) is 28.7 Å². The van der Waals surface area contributed by atoms with Crippen molar-refractivity contribution in [2.24, 2.45) is 0 Å². The molecule has 0 aromatic heterocycles. The van der Waals surface area contributed by atoms with Gasteiger partial charge in [0.15, 0.2) is 0 Å². The summed E-state index contributed by atoms with van der Waals surface area (Å²) in [5.74, 6) is -4.10. The van der Waals surface area contributed by atoms with Gasteiger partial charge in [0.2, 0.25) is 0 Å². The van der Waals surface area contributed by atoms with Gasteiger partial charge < -0.3 is 10.1 Å². The molecule has 0 unspecified atom stereocenters. The Balaban J connectivity index is 1.97. The van der Waals surface area contributed by atoms with Crippen LogP contribution >= 0.6 is 0 Å². The summed E-state index contributed by atoms with van der Waals surface area (Å²) in [7, 11) is 0. The normalized spacial score (nSPS) is 13.0. The average Bonchev–Trinajstić information content (AvgIpc) is 2.97. The Morgan fingerprint density at radius 1 is 0.814 bits per heavy atom. The Labute approximate surface area is 239 Å². The standard InChI is InChI=1S/C31H21F8NO3/c32-17-21-12-20(8-11-26(21)34)28(42)40-30(16-18-4-2-1-3-5-18,22-9-6-19(7-10-22)27(35)41)23-13-24(33)15-25(14-23)43-31(38,39)29(36)37/h1-15,29H,16-17H2,(H,40,42)/t30-/m1/s1. The van der Waals surface area contributed by atoms with E-state index in [0.29, 0.717) is 11.6 Å². The quantitative estimate of drug-likeness (QED) is 0.141. The largest absolute Gasteiger partial charge is 0.461 e. The van der Waals surface area contributed by atoms with Crippen LogP contribution in [0.25, 0.3) is 0 Å². The topological polar surface area (TPSA) is 55.4 Å². The summed E-state index contributed by atoms with van der Waals surface area (Å²) in [5, 5.41) is 2.67. The molecule has 0 bridgehead atoms. The molecule has 0 saturated heterocycles. The molecular weight excluding hydrogens is 586 g/mol. The first-order chi connectivity index (χ1) is 20.3. The average molecular weight is 607 g/mol. The van der Waals surface area contributed by atoms with Gasteiger partial charge in [-0.05, 0) is 59.2 Å². The maximum absolute atomic E-state index is 15.0. The van der Waals surface area contributed by atoms with Gasteiger partial charge in [0.05, 0.1) is 11.1 Å². The monoisotopic (exact) mass is 607 g/mol. The third-order valence-electron chi connectivity index (χ3n) is 6.57. The van der Waals surface area contributed by atoms with E-state index in [4.69, 9.17) is 0 Å². The van der Waals surface area contributed by atoms with Crippen molar-refractivity contribution < 1.29 is 49.4 Å². The Kier molecular flexibility index (Phi) is 9.17. The molecule has 1 atom stereocenters. The first-order valence-electron chi connectivity index (χ1n) is 12.5. The van der Waals surface area contributed by atoms with Crippen molar-refractivity contribution in [2.45, 2.75) is 31.2 Å². The van der Waals surface area contributed by atoms with Crippen LogP contribution in [0.5, 0.6) is 5.75 Å². The maximum atomic E-state index is 15.0. The lowest BCUT2D eigenvalue weighted by atomic mass is 9.77. The van der Waals surface area contributed by atoms with Gasteiger partial charge in [-0.2, -0.15) is 22.0 Å². The Hall–Kier alpha value is -4.74. The lowest BCUT2D eigenvalue weighted by Gasteiger charge is -2.37. The first-order valence-corrected chi connectivity index (χ1v) is 12.5. The van der Waals surface area contributed by atoms with Crippen molar-refractivity contribution >= 4 is 11.9 Å². The van der Waals surface area contributed by atoms with E-state index in [1.165, 1.54) is 12.1 Å². The smallest absolute Gasteiger partial charge is 0.428 e. The van der Waals surface area contributed by atoms with Crippen LogP contribution in [0.4, 0.5) is 35.1 Å². The molecule has 4 rings (SSSR count). The number of carbonyl (C=O) groups is 2. The van der Waals surface area contributed by atoms with Crippen LogP contribution in [0.15, 0.2) is 91.0 Å². The van der Waals surface area contributed by atoms with Crippen LogP contribution in [0.1, 0.15) is 43.0 Å². The van der Waals surface area contributed by atoms with Gasteiger partial charge in [-0.1, -0.05) is 42.5 Å². The van der Waals surface area contributed by atoms with Crippen LogP contribution < -0.4 is 10.1 Å². The Bertz CT molecular complexity index is 1610. The van der Waals surface area contributed by atoms with E-state index in [1.54, 1.807) is 30.3 Å². The third-order valence-corrected chi connectivity index (χ3v) is 6.57. The molecule has 4 aromatic carbocycles. The number of carbonyl (C=O) groups excluding carboxylic acids is 2. The number of alkyl halides is 5. The number of nitrogens with one attached hydrogen (secondary N) is 1. The third kappa shape index (κ3) is 7.02. The van der Waals surface area contributed by atoms with Crippen LogP contribution in [0.2, 0.25) is 0 Å². The van der Waals surface area contributed by atoms with E-state index in [0.717, 1.165) is 42.5 Å². The lowest BCUT2D eigenvalue weighted by Crippen LogP contribution is -2.48. The molecule has 0 aliphatic rings. The maximum Gasteiger partial charge on any atom is 0.461 e. The van der Waals surface area contributed by atoms with Crippen molar-refractivity contribution in [3.63, 3.8) is 0 Å². The molecule has 12 heteroatoms. The van der Waals surface area contributed by atoms with Crippen LogP contribution in [-0.2, 0) is 18.6 Å². The van der Waals surface area contributed by atoms with E-state index in [2.05, 4.69) is 10.1 Å². The highest BCUT2D eigenvalue weighted by atomic mass is 19.3. The molecule has 0 spiro atoms. The summed E-state index contributed by atoms with van der Waals surface area (Å²) in [4.78, 5) is 24.9. The highest BCUT2D eigenvalue weighted by molar-refractivity contribution is 5.95. The number of ether oxygens (including phenoxy) is 1. The zero-order chi connectivity index (χ0) is 31.4. The van der Waals surface area contributed by atoms with Gasteiger partial charge in [-0.3, -0.25) is 9.59 Å². The summed E-state index contributed by atoms with van der Waals surface area (Å²) >= 11 is 0. The number of hydrogen-bond acceptors (Lipinski definition) is 3. The molecule has 224 valence electrons. The van der Waals surface area contributed by atoms with Crippen LogP contribution in [-0.4, -0.2) is 24.5 Å². The molecule has 1 N–H and O–H groups in total. The Morgan fingerprint density at radius 3 is 2.07 bits per heavy atom.